The summed E-state index contributed by atoms with van der Waals surface area (Å²) in [7, 11) is 1.37. The SMILES string of the molecule is CCCCOc1ccc(C(=O)Nc2sc3c(c2C(=O)OC)CC(C)(C)NC3(C)C)cc1. The second-order valence-corrected chi connectivity index (χ2v) is 10.1. The maximum absolute atomic E-state index is 12.9. The second-order valence-electron chi connectivity index (χ2n) is 9.10. The van der Waals surface area contributed by atoms with E-state index < -0.39 is 5.97 Å². The van der Waals surface area contributed by atoms with Gasteiger partial charge in [-0.2, -0.15) is 0 Å². The Bertz CT molecular complexity index is 961. The Morgan fingerprint density at radius 3 is 2.45 bits per heavy atom. The number of hydrogen-bond acceptors (Lipinski definition) is 6. The number of nitrogens with one attached hydrogen (secondary N) is 2. The first-order valence-corrected chi connectivity index (χ1v) is 11.5. The van der Waals surface area contributed by atoms with Crippen LogP contribution in [0.15, 0.2) is 24.3 Å². The van der Waals surface area contributed by atoms with Gasteiger partial charge in [-0.3, -0.25) is 4.79 Å². The van der Waals surface area contributed by atoms with Crippen molar-refractivity contribution in [3.05, 3.63) is 45.8 Å². The molecule has 0 unspecified atom stereocenters. The van der Waals surface area contributed by atoms with Crippen molar-refractivity contribution in [3.8, 4) is 5.75 Å². The lowest BCUT2D eigenvalue weighted by Gasteiger charge is -2.42. The topological polar surface area (TPSA) is 76.7 Å². The molecule has 1 aliphatic rings. The maximum atomic E-state index is 12.9. The third-order valence-corrected chi connectivity index (χ3v) is 6.82. The molecule has 2 heterocycles. The van der Waals surface area contributed by atoms with E-state index in [0.29, 0.717) is 29.2 Å². The van der Waals surface area contributed by atoms with Crippen LogP contribution < -0.4 is 15.4 Å². The number of benzene rings is 1. The number of hydrogen-bond donors (Lipinski definition) is 2. The molecule has 0 fully saturated rings. The molecule has 0 saturated carbocycles. The van der Waals surface area contributed by atoms with Crippen molar-refractivity contribution < 1.29 is 19.1 Å². The van der Waals surface area contributed by atoms with Crippen molar-refractivity contribution in [2.24, 2.45) is 0 Å². The summed E-state index contributed by atoms with van der Waals surface area (Å²) in [5.41, 5.74) is 1.39. The molecule has 168 valence electrons. The average molecular weight is 445 g/mol. The standard InChI is InChI=1S/C24H32N2O4S/c1-7-8-13-30-16-11-9-15(10-12-16)20(27)25-21-18(22(28)29-6)17-14-23(2,3)26-24(4,5)19(17)31-21/h9-12,26H,7-8,13-14H2,1-6H3,(H,25,27). The number of anilines is 1. The first-order valence-electron chi connectivity index (χ1n) is 10.7. The highest BCUT2D eigenvalue weighted by Crippen LogP contribution is 2.45. The summed E-state index contributed by atoms with van der Waals surface area (Å²) >= 11 is 1.43. The molecule has 1 aliphatic heterocycles. The van der Waals surface area contributed by atoms with Crippen LogP contribution >= 0.6 is 11.3 Å². The zero-order valence-corrected chi connectivity index (χ0v) is 20.0. The number of carbonyl (C=O) groups is 2. The summed E-state index contributed by atoms with van der Waals surface area (Å²) in [5.74, 6) is 0.0387. The highest BCUT2D eigenvalue weighted by molar-refractivity contribution is 7.17. The van der Waals surface area contributed by atoms with Gasteiger partial charge in [-0.05, 0) is 70.4 Å². The number of amides is 1. The van der Waals surface area contributed by atoms with Crippen LogP contribution in [0.2, 0.25) is 0 Å². The summed E-state index contributed by atoms with van der Waals surface area (Å²) in [6.45, 7) is 11.2. The van der Waals surface area contributed by atoms with E-state index in [-0.39, 0.29) is 17.0 Å². The van der Waals surface area contributed by atoms with E-state index in [1.54, 1.807) is 24.3 Å². The molecule has 0 radical (unpaired) electrons. The number of ether oxygens (including phenoxy) is 2. The molecule has 2 N–H and O–H groups in total. The van der Waals surface area contributed by atoms with Gasteiger partial charge in [0, 0.05) is 21.5 Å². The molecule has 0 saturated heterocycles. The number of fused-ring (bicyclic) bond motifs is 1. The van der Waals surface area contributed by atoms with E-state index in [4.69, 9.17) is 9.47 Å². The second kappa shape index (κ2) is 9.01. The summed E-state index contributed by atoms with van der Waals surface area (Å²) in [4.78, 5) is 26.7. The normalized spacial score (nSPS) is 16.3. The zero-order chi connectivity index (χ0) is 22.8. The Labute approximate surface area is 188 Å². The van der Waals surface area contributed by atoms with Crippen molar-refractivity contribution in [1.82, 2.24) is 5.32 Å². The fourth-order valence-electron chi connectivity index (χ4n) is 4.15. The van der Waals surface area contributed by atoms with Gasteiger partial charge in [0.1, 0.15) is 10.8 Å². The van der Waals surface area contributed by atoms with Gasteiger partial charge >= 0.3 is 5.97 Å². The third kappa shape index (κ3) is 5.10. The summed E-state index contributed by atoms with van der Waals surface area (Å²) in [6.07, 6.45) is 2.73. The minimum absolute atomic E-state index is 0.185. The van der Waals surface area contributed by atoms with E-state index in [9.17, 15) is 9.59 Å². The molecular formula is C24H32N2O4S. The lowest BCUT2D eigenvalue weighted by Crippen LogP contribution is -2.55. The smallest absolute Gasteiger partial charge is 0.341 e. The maximum Gasteiger partial charge on any atom is 0.341 e. The van der Waals surface area contributed by atoms with Gasteiger partial charge in [-0.25, -0.2) is 4.79 Å². The van der Waals surface area contributed by atoms with E-state index in [2.05, 4.69) is 45.3 Å². The number of rotatable bonds is 7. The number of unbranched alkanes of at least 4 members (excludes halogenated alkanes) is 1. The molecule has 6 nitrogen and oxygen atoms in total. The zero-order valence-electron chi connectivity index (χ0n) is 19.2. The molecule has 0 bridgehead atoms. The molecule has 1 amide bonds. The Morgan fingerprint density at radius 1 is 1.16 bits per heavy atom. The van der Waals surface area contributed by atoms with E-state index in [0.717, 1.165) is 29.0 Å². The van der Waals surface area contributed by atoms with Crippen LogP contribution in [0.1, 0.15) is 78.6 Å². The lowest BCUT2D eigenvalue weighted by atomic mass is 9.81. The van der Waals surface area contributed by atoms with Crippen LogP contribution in [0, 0.1) is 0 Å². The van der Waals surface area contributed by atoms with Crippen molar-refractivity contribution in [1.29, 1.82) is 0 Å². The largest absolute Gasteiger partial charge is 0.494 e. The number of esters is 1. The molecular weight excluding hydrogens is 412 g/mol. The van der Waals surface area contributed by atoms with E-state index in [1.165, 1.54) is 18.4 Å². The van der Waals surface area contributed by atoms with Gasteiger partial charge in [0.05, 0.1) is 19.3 Å². The van der Waals surface area contributed by atoms with Gasteiger partial charge in [-0.15, -0.1) is 11.3 Å². The Balaban J connectivity index is 1.88. The van der Waals surface area contributed by atoms with Crippen LogP contribution in [0.3, 0.4) is 0 Å². The fourth-order valence-corrected chi connectivity index (χ4v) is 5.41. The quantitative estimate of drug-likeness (QED) is 0.458. The first-order chi connectivity index (χ1) is 14.6. The number of methoxy groups -OCH3 is 1. The fraction of sp³-hybridized carbons (Fsp3) is 0.500. The predicted octanol–water partition coefficient (Wildman–Crippen LogP) is 5.13. The molecule has 0 aliphatic carbocycles. The first kappa shape index (κ1) is 23.3. The Morgan fingerprint density at radius 2 is 1.84 bits per heavy atom. The van der Waals surface area contributed by atoms with Crippen LogP contribution in [-0.4, -0.2) is 31.1 Å². The highest BCUT2D eigenvalue weighted by atomic mass is 32.1. The van der Waals surface area contributed by atoms with Crippen LogP contribution in [0.5, 0.6) is 5.75 Å². The highest BCUT2D eigenvalue weighted by Gasteiger charge is 2.42. The van der Waals surface area contributed by atoms with Gasteiger partial charge in [0.15, 0.2) is 0 Å². The monoisotopic (exact) mass is 444 g/mol. The number of carbonyl (C=O) groups excluding carboxylic acids is 2. The molecule has 3 rings (SSSR count). The van der Waals surface area contributed by atoms with Gasteiger partial charge in [0.25, 0.3) is 5.91 Å². The van der Waals surface area contributed by atoms with Gasteiger partial charge < -0.3 is 20.1 Å². The molecule has 7 heteroatoms. The van der Waals surface area contributed by atoms with Crippen LogP contribution in [0.4, 0.5) is 5.00 Å². The molecule has 0 atom stereocenters. The lowest BCUT2D eigenvalue weighted by molar-refractivity contribution is 0.0600. The number of thiophene rings is 1. The van der Waals surface area contributed by atoms with Crippen molar-refractivity contribution in [2.75, 3.05) is 19.0 Å². The third-order valence-electron chi connectivity index (χ3n) is 5.34. The molecule has 0 spiro atoms. The van der Waals surface area contributed by atoms with Crippen LogP contribution in [0.25, 0.3) is 0 Å². The van der Waals surface area contributed by atoms with Gasteiger partial charge in [-0.1, -0.05) is 13.3 Å². The molecule has 31 heavy (non-hydrogen) atoms. The minimum atomic E-state index is -0.430. The van der Waals surface area contributed by atoms with Crippen molar-refractivity contribution >= 4 is 28.2 Å². The van der Waals surface area contributed by atoms with Gasteiger partial charge in [0.2, 0.25) is 0 Å². The predicted molar refractivity (Wildman–Crippen MR) is 124 cm³/mol. The summed E-state index contributed by atoms with van der Waals surface area (Å²) < 4.78 is 10.7. The summed E-state index contributed by atoms with van der Waals surface area (Å²) in [5, 5.41) is 7.10. The average Bonchev–Trinajstić information content (AvgIpc) is 3.05. The molecule has 2 aromatic rings. The summed E-state index contributed by atoms with van der Waals surface area (Å²) in [6, 6.07) is 7.05. The van der Waals surface area contributed by atoms with E-state index in [1.807, 2.05) is 0 Å². The van der Waals surface area contributed by atoms with E-state index >= 15 is 0 Å². The Kier molecular flexibility index (Phi) is 6.76. The van der Waals surface area contributed by atoms with Crippen molar-refractivity contribution in [2.45, 2.75) is 65.0 Å². The molecule has 1 aromatic heterocycles. The molecule has 1 aromatic carbocycles. The minimum Gasteiger partial charge on any atom is -0.494 e. The van der Waals surface area contributed by atoms with Crippen molar-refractivity contribution in [3.63, 3.8) is 0 Å². The Hall–Kier alpha value is -2.38. The van der Waals surface area contributed by atoms with Crippen LogP contribution in [-0.2, 0) is 16.7 Å².